The Bertz CT molecular complexity index is 2060. The van der Waals surface area contributed by atoms with Gasteiger partial charge in [0.05, 0.1) is 23.6 Å². The van der Waals surface area contributed by atoms with Gasteiger partial charge in [0.1, 0.15) is 5.69 Å². The molecule has 12 heteroatoms. The van der Waals surface area contributed by atoms with Crippen LogP contribution in [-0.2, 0) is 9.59 Å². The van der Waals surface area contributed by atoms with Gasteiger partial charge in [-0.1, -0.05) is 36.8 Å². The average Bonchev–Trinajstić information content (AvgIpc) is 3.77. The van der Waals surface area contributed by atoms with Crippen LogP contribution in [0.5, 0.6) is 5.88 Å². The van der Waals surface area contributed by atoms with Crippen LogP contribution in [0.25, 0.3) is 27.7 Å². The Morgan fingerprint density at radius 2 is 1.92 bits per heavy atom. The van der Waals surface area contributed by atoms with Gasteiger partial charge in [-0.3, -0.25) is 19.6 Å². The molecule has 12 nitrogen and oxygen atoms in total. The van der Waals surface area contributed by atoms with E-state index in [0.717, 1.165) is 71.2 Å². The quantitative estimate of drug-likeness (QED) is 0.0845. The van der Waals surface area contributed by atoms with E-state index in [1.807, 2.05) is 72.2 Å². The lowest BCUT2D eigenvalue weighted by molar-refractivity contribution is -0.133. The number of H-pyrrole nitrogens is 1. The highest BCUT2D eigenvalue weighted by atomic mass is 16.5. The van der Waals surface area contributed by atoms with E-state index in [-0.39, 0.29) is 17.9 Å². The number of amidine groups is 1. The number of nitrogens with one attached hydrogen (secondary N) is 1. The molecule has 0 aliphatic carbocycles. The van der Waals surface area contributed by atoms with Crippen LogP contribution >= 0.6 is 0 Å². The van der Waals surface area contributed by atoms with Gasteiger partial charge >= 0.3 is 0 Å². The van der Waals surface area contributed by atoms with Crippen molar-refractivity contribution in [2.24, 2.45) is 16.3 Å². The van der Waals surface area contributed by atoms with Gasteiger partial charge < -0.3 is 20.3 Å². The highest BCUT2D eigenvalue weighted by Crippen LogP contribution is 2.42. The zero-order chi connectivity index (χ0) is 36.4. The van der Waals surface area contributed by atoms with Crippen molar-refractivity contribution in [1.29, 1.82) is 0 Å². The van der Waals surface area contributed by atoms with Crippen molar-refractivity contribution in [2.75, 3.05) is 51.2 Å². The van der Waals surface area contributed by atoms with Crippen molar-refractivity contribution >= 4 is 39.8 Å². The maximum absolute atomic E-state index is 14.3. The maximum atomic E-state index is 14.3. The molecular weight excluding hydrogens is 654 g/mol. The minimum absolute atomic E-state index is 0.0397. The molecule has 2 aromatic carbocycles. The molecule has 2 saturated heterocycles. The van der Waals surface area contributed by atoms with Gasteiger partial charge in [-0.05, 0) is 81.5 Å². The fraction of sp³-hybridized carbons (Fsp3) is 0.375. The van der Waals surface area contributed by atoms with E-state index in [9.17, 15) is 9.59 Å². The summed E-state index contributed by atoms with van der Waals surface area (Å²) in [6.07, 6.45) is 12.5. The van der Waals surface area contributed by atoms with Crippen LogP contribution < -0.4 is 15.4 Å². The molecule has 2 aromatic heterocycles. The number of pyridine rings is 1. The number of carbonyl (C=O) groups excluding carboxylic acids is 2. The van der Waals surface area contributed by atoms with Crippen LogP contribution in [0.3, 0.4) is 0 Å². The lowest BCUT2D eigenvalue weighted by atomic mass is 9.78. The fourth-order valence-electron chi connectivity index (χ4n) is 7.56. The minimum Gasteiger partial charge on any atom is -0.475 e. The summed E-state index contributed by atoms with van der Waals surface area (Å²) in [6, 6.07) is 20.2. The van der Waals surface area contributed by atoms with Crippen LogP contribution in [0, 0.1) is 17.9 Å². The zero-order valence-electron chi connectivity index (χ0n) is 30.0. The summed E-state index contributed by atoms with van der Waals surface area (Å²) in [5.74, 6) is 1.16. The van der Waals surface area contributed by atoms with E-state index < -0.39 is 5.41 Å². The Balaban J connectivity index is 0.976. The summed E-state index contributed by atoms with van der Waals surface area (Å²) in [4.78, 5) is 38.2. The van der Waals surface area contributed by atoms with E-state index >= 15 is 0 Å². The molecular formula is C40H45N9O3. The second-order valence-electron chi connectivity index (χ2n) is 14.2. The number of anilines is 1. The number of terminal acetylenes is 1. The van der Waals surface area contributed by atoms with Crippen LogP contribution in [0.1, 0.15) is 50.7 Å². The minimum atomic E-state index is -0.492. The molecule has 0 saturated carbocycles. The van der Waals surface area contributed by atoms with Crippen LogP contribution in [0.15, 0.2) is 72.0 Å². The number of aromatic amines is 1. The van der Waals surface area contributed by atoms with E-state index in [0.29, 0.717) is 44.4 Å². The standard InChI is InChI=1S/C40H45N9O3/c1-5-46(4)45-38(41)30-9-7-28(8-10-30)29-15-20-48(21-16-29)36(50)25-47-22-18-40(26-47)17-6-19-49(39(40)51)32-12-13-34-33(23-32)37(44-43-34)31-11-14-35(42-24-31)52-27(2)3/h1,7-15,23-24,27H,6,16-22,25-26H2,2-4H3,(H2,41,45)(H,43,44). The first-order valence-corrected chi connectivity index (χ1v) is 17.9. The van der Waals surface area contributed by atoms with Crippen molar-refractivity contribution in [3.63, 3.8) is 0 Å². The van der Waals surface area contributed by atoms with Crippen LogP contribution in [0.2, 0.25) is 0 Å². The third-order valence-electron chi connectivity index (χ3n) is 10.3. The number of hydrogen-bond acceptors (Lipinski definition) is 8. The fourth-order valence-corrected chi connectivity index (χ4v) is 7.56. The average molecular weight is 700 g/mol. The molecule has 0 bridgehead atoms. The van der Waals surface area contributed by atoms with E-state index in [2.05, 4.69) is 43.4 Å². The Hall–Kier alpha value is -5.67. The Labute approximate surface area is 304 Å². The number of nitrogens with zero attached hydrogens (tertiary/aromatic N) is 7. The molecule has 5 heterocycles. The molecule has 7 rings (SSSR count). The van der Waals surface area contributed by atoms with Gasteiger partial charge in [-0.25, -0.2) is 9.99 Å². The largest absolute Gasteiger partial charge is 0.475 e. The second-order valence-corrected chi connectivity index (χ2v) is 14.2. The second kappa shape index (κ2) is 14.5. The predicted molar refractivity (Wildman–Crippen MR) is 203 cm³/mol. The number of hydrazone groups is 1. The summed E-state index contributed by atoms with van der Waals surface area (Å²) in [5.41, 5.74) is 12.1. The predicted octanol–water partition coefficient (Wildman–Crippen LogP) is 4.69. The molecule has 3 N–H and O–H groups in total. The molecule has 1 spiro atoms. The first-order chi connectivity index (χ1) is 25.1. The highest BCUT2D eigenvalue weighted by molar-refractivity contribution is 6.02. The summed E-state index contributed by atoms with van der Waals surface area (Å²) in [6.45, 7) is 7.44. The molecule has 4 aromatic rings. The molecule has 268 valence electrons. The Morgan fingerprint density at radius 3 is 2.63 bits per heavy atom. The van der Waals surface area contributed by atoms with Gasteiger partial charge in [-0.2, -0.15) is 5.10 Å². The Kier molecular flexibility index (Phi) is 9.71. The van der Waals surface area contributed by atoms with Crippen molar-refractivity contribution < 1.29 is 14.3 Å². The van der Waals surface area contributed by atoms with Gasteiger partial charge in [-0.15, -0.1) is 5.10 Å². The van der Waals surface area contributed by atoms with Crippen molar-refractivity contribution in [3.8, 4) is 29.6 Å². The molecule has 52 heavy (non-hydrogen) atoms. The molecule has 1 atom stereocenters. The molecule has 2 amide bonds. The van der Waals surface area contributed by atoms with Crippen molar-refractivity contribution in [3.05, 3.63) is 78.0 Å². The topological polar surface area (TPSA) is 136 Å². The number of rotatable bonds is 9. The van der Waals surface area contributed by atoms with Gasteiger partial charge in [0.15, 0.2) is 5.84 Å². The SMILES string of the molecule is C#CN(C)/N=C(\N)c1ccc(C2=CCN(C(=O)CN3CCC4(CCCN(c5ccc6[nH]nc(-c7ccc(OC(C)C)nc7)c6c5)C4=O)C3)CC2)cc1. The van der Waals surface area contributed by atoms with E-state index in [4.69, 9.17) is 16.9 Å². The van der Waals surface area contributed by atoms with Gasteiger partial charge in [0, 0.05) is 73.7 Å². The molecule has 1 unspecified atom stereocenters. The molecule has 0 radical (unpaired) electrons. The van der Waals surface area contributed by atoms with E-state index in [1.165, 1.54) is 10.6 Å². The molecule has 2 fully saturated rings. The van der Waals surface area contributed by atoms with Gasteiger partial charge in [0.25, 0.3) is 0 Å². The summed E-state index contributed by atoms with van der Waals surface area (Å²) >= 11 is 0. The number of fused-ring (bicyclic) bond motifs is 1. The van der Waals surface area contributed by atoms with Crippen LogP contribution in [0.4, 0.5) is 5.69 Å². The van der Waals surface area contributed by atoms with E-state index in [1.54, 1.807) is 13.2 Å². The number of amides is 2. The summed E-state index contributed by atoms with van der Waals surface area (Å²) < 4.78 is 5.71. The lowest BCUT2D eigenvalue weighted by Gasteiger charge is -2.39. The third-order valence-corrected chi connectivity index (χ3v) is 10.3. The number of likely N-dealkylation sites (tertiary alicyclic amines) is 1. The lowest BCUT2D eigenvalue weighted by Crippen LogP contribution is -2.51. The summed E-state index contributed by atoms with van der Waals surface area (Å²) in [5, 5.41) is 14.1. The zero-order valence-corrected chi connectivity index (χ0v) is 30.0. The molecule has 3 aliphatic rings. The smallest absolute Gasteiger partial charge is 0.237 e. The highest BCUT2D eigenvalue weighted by Gasteiger charge is 2.49. The number of aromatic nitrogens is 3. The number of nitrogens with two attached hydrogens (primary N) is 1. The van der Waals surface area contributed by atoms with Crippen LogP contribution in [-0.4, -0.2) is 100 Å². The van der Waals surface area contributed by atoms with Gasteiger partial charge in [0.2, 0.25) is 17.7 Å². The Morgan fingerprint density at radius 1 is 1.12 bits per heavy atom. The number of hydrogen-bond donors (Lipinski definition) is 2. The van der Waals surface area contributed by atoms with Crippen molar-refractivity contribution in [1.82, 2.24) is 30.0 Å². The number of piperidine rings is 1. The monoisotopic (exact) mass is 699 g/mol. The summed E-state index contributed by atoms with van der Waals surface area (Å²) in [7, 11) is 1.66. The third kappa shape index (κ3) is 7.09. The first-order valence-electron chi connectivity index (χ1n) is 17.9. The maximum Gasteiger partial charge on any atom is 0.237 e. The number of ether oxygens (including phenoxy) is 1. The first kappa shape index (κ1) is 34.8. The number of carbonyl (C=O) groups is 2. The normalized spacial score (nSPS) is 19.7. The molecule has 3 aliphatic heterocycles. The number of benzene rings is 2. The van der Waals surface area contributed by atoms with Crippen molar-refractivity contribution in [2.45, 2.75) is 45.6 Å².